The van der Waals surface area contributed by atoms with Crippen LogP contribution in [0.15, 0.2) is 24.5 Å². The summed E-state index contributed by atoms with van der Waals surface area (Å²) in [6, 6.07) is 4.01. The van der Waals surface area contributed by atoms with Gasteiger partial charge in [-0.25, -0.2) is 4.79 Å². The monoisotopic (exact) mass is 428 g/mol. The third-order valence-electron chi connectivity index (χ3n) is 6.20. The van der Waals surface area contributed by atoms with Gasteiger partial charge >= 0.3 is 12.1 Å². The maximum atomic E-state index is 12.4. The minimum Gasteiger partial charge on any atom is -0.475 e. The second-order valence-corrected chi connectivity index (χ2v) is 8.52. The second-order valence-electron chi connectivity index (χ2n) is 8.52. The summed E-state index contributed by atoms with van der Waals surface area (Å²) in [6.45, 7) is 3.31. The predicted molar refractivity (Wildman–Crippen MR) is 101 cm³/mol. The predicted octanol–water partition coefficient (Wildman–Crippen LogP) is 3.66. The first-order valence-corrected chi connectivity index (χ1v) is 10.2. The number of hydrogen-bond donors (Lipinski definition) is 1. The Labute approximate surface area is 173 Å². The van der Waals surface area contributed by atoms with Crippen LogP contribution in [0.4, 0.5) is 13.2 Å². The molecule has 1 amide bonds. The smallest absolute Gasteiger partial charge is 0.475 e. The van der Waals surface area contributed by atoms with Crippen molar-refractivity contribution in [3.8, 4) is 0 Å². The minimum atomic E-state index is -5.08. The van der Waals surface area contributed by atoms with Crippen LogP contribution in [0.25, 0.3) is 0 Å². The fraction of sp³-hybridized carbons (Fsp3) is 0.667. The van der Waals surface area contributed by atoms with Crippen molar-refractivity contribution in [3.63, 3.8) is 0 Å². The standard InChI is InChI=1S/C19H26N2O2.C2HF3O2/c22-18(10-15-3-4-15)21-11-17-2-1-7-19(17,13-21)14-23-12-16-5-8-20-9-6-16;3-2(4,5)1(6)7/h5-6,8-9,15,17H,1-4,7,10-14H2;(H,6,7)/t17-,19+;/m1./s1. The van der Waals surface area contributed by atoms with Crippen LogP contribution in [0.2, 0.25) is 0 Å². The van der Waals surface area contributed by atoms with Crippen molar-refractivity contribution in [1.29, 1.82) is 0 Å². The quantitative estimate of drug-likeness (QED) is 0.748. The number of likely N-dealkylation sites (tertiary alicyclic amines) is 1. The van der Waals surface area contributed by atoms with E-state index in [2.05, 4.69) is 9.88 Å². The number of carboxylic acids is 1. The van der Waals surface area contributed by atoms with E-state index in [4.69, 9.17) is 14.6 Å². The van der Waals surface area contributed by atoms with Gasteiger partial charge in [0.25, 0.3) is 0 Å². The fourth-order valence-electron chi connectivity index (χ4n) is 4.39. The molecule has 9 heteroatoms. The highest BCUT2D eigenvalue weighted by Crippen LogP contribution is 2.49. The van der Waals surface area contributed by atoms with Crippen molar-refractivity contribution < 1.29 is 32.6 Å². The number of rotatable bonds is 6. The molecule has 30 heavy (non-hydrogen) atoms. The van der Waals surface area contributed by atoms with Crippen LogP contribution in [-0.2, 0) is 20.9 Å². The van der Waals surface area contributed by atoms with Gasteiger partial charge in [-0.1, -0.05) is 6.42 Å². The van der Waals surface area contributed by atoms with Crippen LogP contribution in [0.1, 0.15) is 44.1 Å². The van der Waals surface area contributed by atoms with Gasteiger partial charge in [-0.15, -0.1) is 0 Å². The van der Waals surface area contributed by atoms with Crippen LogP contribution in [0, 0.1) is 17.3 Å². The summed E-state index contributed by atoms with van der Waals surface area (Å²) in [5.74, 6) is -1.05. The van der Waals surface area contributed by atoms with Gasteiger partial charge in [-0.05, 0) is 55.2 Å². The molecule has 166 valence electrons. The number of amides is 1. The first-order chi connectivity index (χ1) is 14.2. The SMILES string of the molecule is O=C(CC1CC1)N1C[C@H]2CCC[C@@]2(COCc2ccncc2)C1.O=C(O)C(F)(F)F. The molecule has 2 atom stereocenters. The minimum absolute atomic E-state index is 0.215. The molecular weight excluding hydrogens is 401 g/mol. The molecular formula is C21H27F3N2O4. The molecule has 0 spiro atoms. The summed E-state index contributed by atoms with van der Waals surface area (Å²) in [4.78, 5) is 27.5. The first-order valence-electron chi connectivity index (χ1n) is 10.2. The molecule has 0 bridgehead atoms. The fourth-order valence-corrected chi connectivity index (χ4v) is 4.39. The molecule has 4 rings (SSSR count). The topological polar surface area (TPSA) is 79.7 Å². The van der Waals surface area contributed by atoms with Crippen molar-refractivity contribution in [2.75, 3.05) is 19.7 Å². The van der Waals surface area contributed by atoms with Gasteiger partial charge in [0, 0.05) is 37.3 Å². The summed E-state index contributed by atoms with van der Waals surface area (Å²) in [5.41, 5.74) is 1.39. The van der Waals surface area contributed by atoms with E-state index in [1.165, 1.54) is 37.7 Å². The number of halogens is 3. The molecule has 0 radical (unpaired) electrons. The largest absolute Gasteiger partial charge is 0.490 e. The Bertz CT molecular complexity index is 740. The van der Waals surface area contributed by atoms with Crippen LogP contribution in [0.3, 0.4) is 0 Å². The lowest BCUT2D eigenvalue weighted by Crippen LogP contribution is -2.34. The summed E-state index contributed by atoms with van der Waals surface area (Å²) in [5, 5.41) is 7.12. The van der Waals surface area contributed by atoms with Gasteiger partial charge in [0.1, 0.15) is 0 Å². The number of ether oxygens (including phenoxy) is 1. The number of carbonyl (C=O) groups is 2. The van der Waals surface area contributed by atoms with Crippen molar-refractivity contribution in [2.45, 2.75) is 51.3 Å². The van der Waals surface area contributed by atoms with E-state index in [0.717, 1.165) is 26.1 Å². The zero-order valence-electron chi connectivity index (χ0n) is 16.7. The zero-order valence-corrected chi connectivity index (χ0v) is 16.7. The van der Waals surface area contributed by atoms with Gasteiger partial charge in [0.2, 0.25) is 5.91 Å². The number of carboxylic acid groups (broad SMARTS) is 1. The van der Waals surface area contributed by atoms with Crippen molar-refractivity contribution in [2.24, 2.45) is 17.3 Å². The number of nitrogens with zero attached hydrogens (tertiary/aromatic N) is 2. The van der Waals surface area contributed by atoms with Crippen LogP contribution >= 0.6 is 0 Å². The molecule has 2 saturated carbocycles. The van der Waals surface area contributed by atoms with E-state index >= 15 is 0 Å². The lowest BCUT2D eigenvalue weighted by atomic mass is 9.81. The number of hydrogen-bond acceptors (Lipinski definition) is 4. The van der Waals surface area contributed by atoms with Crippen molar-refractivity contribution in [1.82, 2.24) is 9.88 Å². The molecule has 6 nitrogen and oxygen atoms in total. The van der Waals surface area contributed by atoms with Gasteiger partial charge < -0.3 is 14.7 Å². The Morgan fingerprint density at radius 2 is 1.90 bits per heavy atom. The number of aliphatic carboxylic acids is 1. The Morgan fingerprint density at radius 1 is 1.23 bits per heavy atom. The van der Waals surface area contributed by atoms with Gasteiger partial charge in [-0.3, -0.25) is 9.78 Å². The highest BCUT2D eigenvalue weighted by Gasteiger charge is 2.50. The number of alkyl halides is 3. The third-order valence-corrected chi connectivity index (χ3v) is 6.20. The average molecular weight is 428 g/mol. The van der Waals surface area contributed by atoms with Crippen LogP contribution < -0.4 is 0 Å². The third kappa shape index (κ3) is 5.93. The van der Waals surface area contributed by atoms with E-state index in [9.17, 15) is 18.0 Å². The molecule has 3 fully saturated rings. The van der Waals surface area contributed by atoms with Crippen molar-refractivity contribution >= 4 is 11.9 Å². The molecule has 0 unspecified atom stereocenters. The molecule has 2 heterocycles. The Balaban J connectivity index is 0.000000318. The maximum Gasteiger partial charge on any atom is 0.490 e. The van der Waals surface area contributed by atoms with Gasteiger partial charge in [0.15, 0.2) is 0 Å². The molecule has 1 saturated heterocycles. The van der Waals surface area contributed by atoms with E-state index in [1.54, 1.807) is 0 Å². The lowest BCUT2D eigenvalue weighted by molar-refractivity contribution is -0.192. The van der Waals surface area contributed by atoms with Crippen LogP contribution in [0.5, 0.6) is 0 Å². The van der Waals surface area contributed by atoms with Gasteiger partial charge in [0.05, 0.1) is 13.2 Å². The highest BCUT2D eigenvalue weighted by molar-refractivity contribution is 5.77. The maximum absolute atomic E-state index is 12.4. The van der Waals surface area contributed by atoms with E-state index in [0.29, 0.717) is 24.3 Å². The average Bonchev–Trinajstić information content (AvgIpc) is 3.30. The first kappa shape index (κ1) is 22.5. The molecule has 2 aliphatic carbocycles. The van der Waals surface area contributed by atoms with E-state index in [1.807, 2.05) is 24.5 Å². The summed E-state index contributed by atoms with van der Waals surface area (Å²) in [7, 11) is 0. The molecule has 3 aliphatic rings. The van der Waals surface area contributed by atoms with E-state index in [-0.39, 0.29) is 5.41 Å². The highest BCUT2D eigenvalue weighted by atomic mass is 19.4. The summed E-state index contributed by atoms with van der Waals surface area (Å²) < 4.78 is 37.8. The van der Waals surface area contributed by atoms with Gasteiger partial charge in [-0.2, -0.15) is 13.2 Å². The number of carbonyl (C=O) groups excluding carboxylic acids is 1. The molecule has 1 N–H and O–H groups in total. The Morgan fingerprint density at radius 3 is 2.50 bits per heavy atom. The molecule has 0 aromatic carbocycles. The lowest BCUT2D eigenvalue weighted by Gasteiger charge is -2.28. The molecule has 1 aromatic heterocycles. The molecule has 1 aromatic rings. The Hall–Kier alpha value is -2.16. The van der Waals surface area contributed by atoms with Crippen molar-refractivity contribution in [3.05, 3.63) is 30.1 Å². The number of pyridine rings is 1. The number of fused-ring (bicyclic) bond motifs is 1. The van der Waals surface area contributed by atoms with E-state index < -0.39 is 12.1 Å². The normalized spacial score (nSPS) is 25.4. The number of aromatic nitrogens is 1. The van der Waals surface area contributed by atoms with Crippen LogP contribution in [-0.4, -0.2) is 52.7 Å². The zero-order chi connectivity index (χ0) is 21.8. The second kappa shape index (κ2) is 9.32. The molecule has 1 aliphatic heterocycles. The summed E-state index contributed by atoms with van der Waals surface area (Å²) in [6.07, 6.45) is 5.57. The Kier molecular flexibility index (Phi) is 7.00. The summed E-state index contributed by atoms with van der Waals surface area (Å²) >= 11 is 0.